The highest BCUT2D eigenvalue weighted by atomic mass is 35.5. The van der Waals surface area contributed by atoms with Crippen molar-refractivity contribution < 1.29 is 9.90 Å². The molecular weight excluding hydrogens is 288 g/mol. The average molecular weight is 301 g/mol. The lowest BCUT2D eigenvalue weighted by atomic mass is 10.1. The number of rotatable bonds is 2. The Kier molecular flexibility index (Phi) is 3.18. The summed E-state index contributed by atoms with van der Waals surface area (Å²) >= 11 is 6.03. The number of carboxylic acids is 1. The normalized spacial score (nSPS) is 11.0. The number of hydrogen-bond donors (Lipinski definition) is 1. The van der Waals surface area contributed by atoms with Gasteiger partial charge in [-0.3, -0.25) is 4.57 Å². The molecule has 0 aliphatic heterocycles. The third-order valence-electron chi connectivity index (χ3n) is 3.63. The van der Waals surface area contributed by atoms with E-state index in [9.17, 15) is 9.90 Å². The van der Waals surface area contributed by atoms with Gasteiger partial charge >= 0.3 is 5.97 Å². The molecule has 0 fully saturated rings. The molecule has 2 aromatic carbocycles. The summed E-state index contributed by atoms with van der Waals surface area (Å²) in [5.41, 5.74) is 4.56. The highest BCUT2D eigenvalue weighted by molar-refractivity contribution is 6.34. The lowest BCUT2D eigenvalue weighted by molar-refractivity contribution is 0.0697. The second-order valence-electron chi connectivity index (χ2n) is 4.98. The van der Waals surface area contributed by atoms with E-state index in [2.05, 4.69) is 4.98 Å². The van der Waals surface area contributed by atoms with E-state index < -0.39 is 5.97 Å². The summed E-state index contributed by atoms with van der Waals surface area (Å²) in [6.45, 7) is 4.04. The summed E-state index contributed by atoms with van der Waals surface area (Å²) in [5, 5.41) is 9.61. The van der Waals surface area contributed by atoms with Crippen molar-refractivity contribution >= 4 is 28.6 Å². The van der Waals surface area contributed by atoms with Gasteiger partial charge < -0.3 is 5.11 Å². The summed E-state index contributed by atoms with van der Waals surface area (Å²) in [6, 6.07) is 9.03. The number of carboxylic acid groups (broad SMARTS) is 1. The van der Waals surface area contributed by atoms with E-state index in [1.54, 1.807) is 29.1 Å². The van der Waals surface area contributed by atoms with Crippen LogP contribution in [0, 0.1) is 13.8 Å². The van der Waals surface area contributed by atoms with Crippen LogP contribution in [0.3, 0.4) is 0 Å². The molecule has 0 unspecified atom stereocenters. The fraction of sp³-hybridized carbons (Fsp3) is 0.125. The third-order valence-corrected chi connectivity index (χ3v) is 3.94. The van der Waals surface area contributed by atoms with Gasteiger partial charge in [0.05, 0.1) is 21.7 Å². The van der Waals surface area contributed by atoms with Gasteiger partial charge in [-0.2, -0.15) is 0 Å². The first kappa shape index (κ1) is 13.6. The number of fused-ring (bicyclic) bond motifs is 1. The maximum atomic E-state index is 11.5. The summed E-state index contributed by atoms with van der Waals surface area (Å²) in [5.74, 6) is -1.05. The van der Waals surface area contributed by atoms with Crippen LogP contribution in [-0.2, 0) is 0 Å². The molecule has 1 aromatic heterocycles. The highest BCUT2D eigenvalue weighted by Crippen LogP contribution is 2.27. The Morgan fingerprint density at radius 2 is 1.95 bits per heavy atom. The second-order valence-corrected chi connectivity index (χ2v) is 5.39. The topological polar surface area (TPSA) is 55.1 Å². The van der Waals surface area contributed by atoms with Gasteiger partial charge in [-0.05, 0) is 49.2 Å². The van der Waals surface area contributed by atoms with Gasteiger partial charge in [-0.25, -0.2) is 9.78 Å². The second kappa shape index (κ2) is 4.90. The minimum Gasteiger partial charge on any atom is -0.478 e. The number of halogens is 1. The Morgan fingerprint density at radius 3 is 2.67 bits per heavy atom. The minimum atomic E-state index is -1.05. The number of nitrogens with zero attached hydrogens (tertiary/aromatic N) is 2. The molecule has 0 spiro atoms. The van der Waals surface area contributed by atoms with Crippen molar-refractivity contribution in [1.29, 1.82) is 0 Å². The predicted molar refractivity (Wildman–Crippen MR) is 82.5 cm³/mol. The Balaban J connectivity index is 2.34. The number of benzene rings is 2. The first-order valence-corrected chi connectivity index (χ1v) is 6.83. The van der Waals surface area contributed by atoms with Gasteiger partial charge in [-0.1, -0.05) is 17.7 Å². The highest BCUT2D eigenvalue weighted by Gasteiger charge is 2.17. The van der Waals surface area contributed by atoms with Gasteiger partial charge in [0.1, 0.15) is 11.9 Å². The molecule has 3 rings (SSSR count). The first-order valence-electron chi connectivity index (χ1n) is 6.45. The van der Waals surface area contributed by atoms with Crippen molar-refractivity contribution in [3.05, 3.63) is 58.4 Å². The molecule has 3 aromatic rings. The number of aryl methyl sites for hydroxylation is 2. The van der Waals surface area contributed by atoms with E-state index in [1.165, 1.54) is 0 Å². The fourth-order valence-electron chi connectivity index (χ4n) is 2.38. The lowest BCUT2D eigenvalue weighted by Gasteiger charge is -2.10. The van der Waals surface area contributed by atoms with Crippen molar-refractivity contribution in [2.24, 2.45) is 0 Å². The quantitative estimate of drug-likeness (QED) is 0.778. The smallest absolute Gasteiger partial charge is 0.339 e. The maximum Gasteiger partial charge on any atom is 0.339 e. The van der Waals surface area contributed by atoms with E-state index in [1.807, 2.05) is 26.0 Å². The van der Waals surface area contributed by atoms with Crippen molar-refractivity contribution in [3.63, 3.8) is 0 Å². The van der Waals surface area contributed by atoms with Gasteiger partial charge in [0, 0.05) is 0 Å². The molecule has 0 saturated carbocycles. The van der Waals surface area contributed by atoms with Crippen LogP contribution < -0.4 is 0 Å². The molecule has 0 amide bonds. The number of hydrogen-bond acceptors (Lipinski definition) is 2. The van der Waals surface area contributed by atoms with E-state index in [0.29, 0.717) is 5.69 Å². The standard InChI is InChI=1S/C16H13ClN2O2/c1-9-6-12-14(7-10(9)2)19(8-18-12)13-5-3-4-11(17)15(13)16(20)21/h3-8H,1-2H3,(H,20,21). The summed E-state index contributed by atoms with van der Waals surface area (Å²) < 4.78 is 1.76. The molecule has 1 N–H and O–H groups in total. The molecule has 0 radical (unpaired) electrons. The van der Waals surface area contributed by atoms with Crippen LogP contribution in [0.15, 0.2) is 36.7 Å². The summed E-state index contributed by atoms with van der Waals surface area (Å²) in [7, 11) is 0. The number of imidazole rings is 1. The Morgan fingerprint density at radius 1 is 1.24 bits per heavy atom. The Hall–Kier alpha value is -2.33. The summed E-state index contributed by atoms with van der Waals surface area (Å²) in [4.78, 5) is 15.8. The molecule has 21 heavy (non-hydrogen) atoms. The van der Waals surface area contributed by atoms with Crippen LogP contribution in [-0.4, -0.2) is 20.6 Å². The first-order chi connectivity index (χ1) is 9.99. The van der Waals surface area contributed by atoms with Crippen LogP contribution in [0.25, 0.3) is 16.7 Å². The van der Waals surface area contributed by atoms with Crippen LogP contribution in [0.1, 0.15) is 21.5 Å². The molecule has 0 aliphatic carbocycles. The molecule has 1 heterocycles. The zero-order valence-electron chi connectivity index (χ0n) is 11.6. The van der Waals surface area contributed by atoms with Crippen molar-refractivity contribution in [1.82, 2.24) is 9.55 Å². The predicted octanol–water partition coefficient (Wildman–Crippen LogP) is 3.99. The van der Waals surface area contributed by atoms with Gasteiger partial charge in [-0.15, -0.1) is 0 Å². The average Bonchev–Trinajstić information content (AvgIpc) is 2.81. The van der Waals surface area contributed by atoms with E-state index >= 15 is 0 Å². The largest absolute Gasteiger partial charge is 0.478 e. The molecule has 5 heteroatoms. The van der Waals surface area contributed by atoms with Gasteiger partial charge in [0.15, 0.2) is 0 Å². The van der Waals surface area contributed by atoms with E-state index in [-0.39, 0.29) is 10.6 Å². The fourth-order valence-corrected chi connectivity index (χ4v) is 2.63. The minimum absolute atomic E-state index is 0.0803. The zero-order chi connectivity index (χ0) is 15.1. The van der Waals surface area contributed by atoms with Crippen LogP contribution in [0.4, 0.5) is 0 Å². The molecule has 0 aliphatic rings. The molecule has 106 valence electrons. The zero-order valence-corrected chi connectivity index (χ0v) is 12.3. The lowest BCUT2D eigenvalue weighted by Crippen LogP contribution is -2.05. The van der Waals surface area contributed by atoms with Crippen molar-refractivity contribution in [2.75, 3.05) is 0 Å². The van der Waals surface area contributed by atoms with Crippen molar-refractivity contribution in [3.8, 4) is 5.69 Å². The van der Waals surface area contributed by atoms with Crippen LogP contribution in [0.5, 0.6) is 0 Å². The third kappa shape index (κ3) is 2.17. The molecule has 0 saturated heterocycles. The van der Waals surface area contributed by atoms with Crippen LogP contribution >= 0.6 is 11.6 Å². The number of aromatic nitrogens is 2. The van der Waals surface area contributed by atoms with Gasteiger partial charge in [0.2, 0.25) is 0 Å². The SMILES string of the molecule is Cc1cc2ncn(-c3cccc(Cl)c3C(=O)O)c2cc1C. The summed E-state index contributed by atoms with van der Waals surface area (Å²) in [6.07, 6.45) is 1.63. The molecule has 0 bridgehead atoms. The monoisotopic (exact) mass is 300 g/mol. The number of aromatic carboxylic acids is 1. The molecule has 0 atom stereocenters. The Bertz CT molecular complexity index is 868. The van der Waals surface area contributed by atoms with Crippen LogP contribution in [0.2, 0.25) is 5.02 Å². The van der Waals surface area contributed by atoms with Crippen molar-refractivity contribution in [2.45, 2.75) is 13.8 Å². The van der Waals surface area contributed by atoms with Gasteiger partial charge in [0.25, 0.3) is 0 Å². The van der Waals surface area contributed by atoms with E-state index in [0.717, 1.165) is 22.2 Å². The Labute approximate surface area is 126 Å². The molecule has 4 nitrogen and oxygen atoms in total. The number of carbonyl (C=O) groups is 1. The molecular formula is C16H13ClN2O2. The maximum absolute atomic E-state index is 11.5. The van der Waals surface area contributed by atoms with E-state index in [4.69, 9.17) is 11.6 Å².